The van der Waals surface area contributed by atoms with Crippen molar-refractivity contribution in [3.63, 3.8) is 0 Å². The minimum absolute atomic E-state index is 0.119. The Labute approximate surface area is 418 Å². The molecule has 2 unspecified atom stereocenters. The molecule has 18 heteroatoms. The lowest BCUT2D eigenvalue weighted by molar-refractivity contribution is -0.385. The molecule has 0 aliphatic rings. The molecule has 4 aromatic carbocycles. The number of nitrogens with zero attached hydrogens (tertiary/aromatic N) is 4. The molecule has 0 aromatic heterocycles. The number of anilines is 1. The van der Waals surface area contributed by atoms with Crippen molar-refractivity contribution in [2.45, 2.75) is 60.3 Å². The van der Waals surface area contributed by atoms with Crippen LogP contribution in [-0.2, 0) is 42.9 Å². The van der Waals surface area contributed by atoms with E-state index in [0.717, 1.165) is 22.9 Å². The first kappa shape index (κ1) is 56.2. The molecule has 0 saturated heterocycles. The number of hydrogen-bond donors (Lipinski definition) is 0. The SMILES string of the molecule is CCC(C)(CC[C@@H](C)C(C)(CC)C(=O)OCCOC(=O)c1cc(N=Nc2ccc(N(C)CCOC(=O)/C=C/c3ccc(Cl)cc3)cc2)ccc1[N+](=O)[O-])C(=O)OCCOC(=O)/C=C/c1ccc(OC)cc1. The summed E-state index contributed by atoms with van der Waals surface area (Å²) in [5, 5.41) is 20.8. The number of benzene rings is 4. The Bertz CT molecular complexity index is 2530. The number of likely N-dealkylation sites (N-methyl/N-ethyl adjacent to an activating group) is 1. The predicted molar refractivity (Wildman–Crippen MR) is 269 cm³/mol. The standard InChI is InChI=1S/C53H61ClN4O13/c1-8-52(4,50(62)70-34-32-68-48(60)27-15-39-12-23-44(66-7)24-13-39)29-28-37(3)53(5,9-2)51(63)71-35-33-69-49(61)45-36-42(20-25-46(45)58(64)65)56-55-41-18-21-43(22-19-41)57(6)30-31-67-47(59)26-14-38-10-16-40(54)17-11-38/h10-27,36-37H,8-9,28-35H2,1-7H3/b26-14+,27-15+,56-55?/t37-,52?,53?/m1/s1. The lowest BCUT2D eigenvalue weighted by atomic mass is 9.71. The van der Waals surface area contributed by atoms with Crippen LogP contribution in [0.15, 0.2) is 113 Å². The van der Waals surface area contributed by atoms with Crippen LogP contribution in [0, 0.1) is 26.9 Å². The van der Waals surface area contributed by atoms with E-state index >= 15 is 0 Å². The molecule has 4 aromatic rings. The number of esters is 5. The summed E-state index contributed by atoms with van der Waals surface area (Å²) in [5.74, 6) is -2.59. The molecule has 71 heavy (non-hydrogen) atoms. The fraction of sp³-hybridized carbons (Fsp3) is 0.377. The maximum atomic E-state index is 13.5. The van der Waals surface area contributed by atoms with Crippen LogP contribution < -0.4 is 9.64 Å². The highest BCUT2D eigenvalue weighted by Gasteiger charge is 2.41. The van der Waals surface area contributed by atoms with Crippen LogP contribution in [0.5, 0.6) is 5.75 Å². The van der Waals surface area contributed by atoms with Crippen molar-refractivity contribution in [1.82, 2.24) is 0 Å². The van der Waals surface area contributed by atoms with Gasteiger partial charge in [-0.05, 0) is 129 Å². The Kier molecular flexibility index (Phi) is 21.9. The van der Waals surface area contributed by atoms with Crippen LogP contribution in [0.2, 0.25) is 5.02 Å². The molecule has 3 atom stereocenters. The van der Waals surface area contributed by atoms with Gasteiger partial charge in [0, 0.05) is 36.0 Å². The van der Waals surface area contributed by atoms with Crippen LogP contribution >= 0.6 is 11.6 Å². The molecule has 0 bridgehead atoms. The van der Waals surface area contributed by atoms with Gasteiger partial charge >= 0.3 is 29.8 Å². The van der Waals surface area contributed by atoms with Crippen LogP contribution in [0.25, 0.3) is 12.2 Å². The van der Waals surface area contributed by atoms with Gasteiger partial charge in [0.1, 0.15) is 44.3 Å². The van der Waals surface area contributed by atoms with E-state index in [1.54, 1.807) is 106 Å². The monoisotopic (exact) mass is 996 g/mol. The number of nitro benzene ring substituents is 1. The normalized spacial score (nSPS) is 13.5. The highest BCUT2D eigenvalue weighted by Crippen LogP contribution is 2.40. The third-order valence-corrected chi connectivity index (χ3v) is 12.5. The van der Waals surface area contributed by atoms with Gasteiger partial charge in [-0.25, -0.2) is 14.4 Å². The minimum atomic E-state index is -1.02. The molecule has 0 aliphatic heterocycles. The summed E-state index contributed by atoms with van der Waals surface area (Å²) in [6, 6.07) is 24.8. The summed E-state index contributed by atoms with van der Waals surface area (Å²) in [4.78, 5) is 77.1. The Hall–Kier alpha value is -7.40. The number of methoxy groups -OCH3 is 1. The van der Waals surface area contributed by atoms with Gasteiger partial charge in [-0.1, -0.05) is 56.6 Å². The van der Waals surface area contributed by atoms with Gasteiger partial charge in [0.2, 0.25) is 0 Å². The zero-order valence-electron chi connectivity index (χ0n) is 41.1. The first-order chi connectivity index (χ1) is 33.9. The number of nitro groups is 1. The fourth-order valence-electron chi connectivity index (χ4n) is 6.86. The number of azo groups is 1. The van der Waals surface area contributed by atoms with E-state index in [4.69, 9.17) is 40.0 Å². The van der Waals surface area contributed by atoms with Crippen LogP contribution in [0.1, 0.15) is 81.8 Å². The summed E-state index contributed by atoms with van der Waals surface area (Å²) in [6.45, 7) is 8.83. The molecule has 378 valence electrons. The molecule has 0 heterocycles. The molecule has 0 amide bonds. The lowest BCUT2D eigenvalue weighted by Crippen LogP contribution is -2.38. The summed E-state index contributed by atoms with van der Waals surface area (Å²) in [6.07, 6.45) is 7.64. The third kappa shape index (κ3) is 17.5. The van der Waals surface area contributed by atoms with Crippen LogP contribution in [-0.4, -0.2) is 88.5 Å². The predicted octanol–water partition coefficient (Wildman–Crippen LogP) is 11.1. The molecule has 0 N–H and O–H groups in total. The highest BCUT2D eigenvalue weighted by atomic mass is 35.5. The number of carbonyl (C=O) groups is 5. The summed E-state index contributed by atoms with van der Waals surface area (Å²) >= 11 is 5.90. The molecule has 0 spiro atoms. The van der Waals surface area contributed by atoms with Crippen molar-refractivity contribution >= 4 is 76.3 Å². The van der Waals surface area contributed by atoms with Crippen LogP contribution in [0.3, 0.4) is 0 Å². The average Bonchev–Trinajstić information content (AvgIpc) is 3.38. The summed E-state index contributed by atoms with van der Waals surface area (Å²) < 4.78 is 32.0. The van der Waals surface area contributed by atoms with Crippen molar-refractivity contribution in [3.05, 3.63) is 135 Å². The maximum absolute atomic E-state index is 13.5. The van der Waals surface area contributed by atoms with E-state index in [0.29, 0.717) is 48.7 Å². The van der Waals surface area contributed by atoms with Gasteiger partial charge in [0.05, 0.1) is 40.8 Å². The molecule has 0 fully saturated rings. The van der Waals surface area contributed by atoms with Gasteiger partial charge in [-0.3, -0.25) is 19.7 Å². The second-order valence-corrected chi connectivity index (χ2v) is 17.4. The van der Waals surface area contributed by atoms with Gasteiger partial charge in [-0.15, -0.1) is 0 Å². The zero-order valence-corrected chi connectivity index (χ0v) is 41.8. The first-order valence-electron chi connectivity index (χ1n) is 23.0. The molecule has 4 rings (SSSR count). The Balaban J connectivity index is 1.22. The van der Waals surface area contributed by atoms with Crippen molar-refractivity contribution in [1.29, 1.82) is 0 Å². The molecule has 0 saturated carbocycles. The maximum Gasteiger partial charge on any atom is 0.345 e. The number of hydrogen-bond acceptors (Lipinski definition) is 16. The van der Waals surface area contributed by atoms with Crippen molar-refractivity contribution in [3.8, 4) is 5.75 Å². The van der Waals surface area contributed by atoms with E-state index in [1.165, 1.54) is 24.3 Å². The van der Waals surface area contributed by atoms with E-state index < -0.39 is 51.3 Å². The van der Waals surface area contributed by atoms with Crippen molar-refractivity contribution in [2.24, 2.45) is 27.0 Å². The molecule has 17 nitrogen and oxygen atoms in total. The topological polar surface area (TPSA) is 212 Å². The largest absolute Gasteiger partial charge is 0.497 e. The smallest absolute Gasteiger partial charge is 0.345 e. The minimum Gasteiger partial charge on any atom is -0.497 e. The van der Waals surface area contributed by atoms with E-state index in [1.807, 2.05) is 32.7 Å². The van der Waals surface area contributed by atoms with Crippen molar-refractivity contribution < 1.29 is 57.3 Å². The number of ether oxygens (including phenoxy) is 6. The van der Waals surface area contributed by atoms with E-state index in [-0.39, 0.29) is 50.2 Å². The molecular formula is C53H61ClN4O13. The van der Waals surface area contributed by atoms with Gasteiger partial charge in [-0.2, -0.15) is 10.2 Å². The number of halogens is 1. The number of rotatable bonds is 27. The summed E-state index contributed by atoms with van der Waals surface area (Å²) in [7, 11) is 3.40. The quantitative estimate of drug-likeness (QED) is 0.0103. The van der Waals surface area contributed by atoms with Gasteiger partial charge < -0.3 is 33.3 Å². The lowest BCUT2D eigenvalue weighted by Gasteiger charge is -2.35. The highest BCUT2D eigenvalue weighted by molar-refractivity contribution is 6.30. The molecule has 0 radical (unpaired) electrons. The Morgan fingerprint density at radius 1 is 0.718 bits per heavy atom. The first-order valence-corrected chi connectivity index (χ1v) is 23.4. The average molecular weight is 998 g/mol. The second kappa shape index (κ2) is 27.7. The van der Waals surface area contributed by atoms with E-state index in [2.05, 4.69) is 10.2 Å². The van der Waals surface area contributed by atoms with Gasteiger partial charge in [0.15, 0.2) is 0 Å². The zero-order chi connectivity index (χ0) is 52.0. The van der Waals surface area contributed by atoms with Crippen molar-refractivity contribution in [2.75, 3.05) is 58.6 Å². The molecular weight excluding hydrogens is 936 g/mol. The fourth-order valence-corrected chi connectivity index (χ4v) is 6.98. The second-order valence-electron chi connectivity index (χ2n) is 17.0. The van der Waals surface area contributed by atoms with Crippen LogP contribution in [0.4, 0.5) is 22.7 Å². The Morgan fingerprint density at radius 2 is 1.25 bits per heavy atom. The third-order valence-electron chi connectivity index (χ3n) is 12.2. The summed E-state index contributed by atoms with van der Waals surface area (Å²) in [5.41, 5.74) is 0.331. The van der Waals surface area contributed by atoms with E-state index in [9.17, 15) is 34.1 Å². The Morgan fingerprint density at radius 3 is 1.83 bits per heavy atom. The molecule has 0 aliphatic carbocycles. The number of carbonyl (C=O) groups excluding carboxylic acids is 5. The van der Waals surface area contributed by atoms with Gasteiger partial charge in [0.25, 0.3) is 5.69 Å².